The van der Waals surface area contributed by atoms with Gasteiger partial charge in [0.2, 0.25) is 0 Å². The van der Waals surface area contributed by atoms with Gasteiger partial charge in [0.05, 0.1) is 5.69 Å². The first-order valence-corrected chi connectivity index (χ1v) is 10.1. The van der Waals surface area contributed by atoms with Crippen LogP contribution in [0.2, 0.25) is 5.02 Å². The second-order valence-corrected chi connectivity index (χ2v) is 7.78. The van der Waals surface area contributed by atoms with Gasteiger partial charge in [0, 0.05) is 35.3 Å². The third-order valence-electron chi connectivity index (χ3n) is 5.23. The fourth-order valence-corrected chi connectivity index (χ4v) is 3.72. The molecule has 2 amide bonds. The van der Waals surface area contributed by atoms with E-state index in [1.165, 1.54) is 6.07 Å². The van der Waals surface area contributed by atoms with E-state index in [4.69, 9.17) is 11.6 Å². The first-order chi connectivity index (χ1) is 14.9. The van der Waals surface area contributed by atoms with Gasteiger partial charge in [-0.05, 0) is 49.2 Å². The Labute approximate surface area is 182 Å². The number of benzene rings is 2. The summed E-state index contributed by atoms with van der Waals surface area (Å²) >= 11 is 6.01. The largest absolute Gasteiger partial charge is 0.349 e. The number of likely N-dealkylation sites (tertiary alicyclic amines) is 1. The van der Waals surface area contributed by atoms with Crippen LogP contribution in [0.15, 0.2) is 48.5 Å². The summed E-state index contributed by atoms with van der Waals surface area (Å²) in [5.41, 5.74) is 1.86. The first-order valence-electron chi connectivity index (χ1n) is 9.77. The molecule has 9 heteroatoms. The topological polar surface area (TPSA) is 78.1 Å². The minimum absolute atomic E-state index is 0.0587. The molecule has 1 saturated heterocycles. The molecule has 31 heavy (non-hydrogen) atoms. The molecule has 1 aliphatic heterocycles. The lowest BCUT2D eigenvalue weighted by molar-refractivity contribution is 0.0692. The number of carbonyl (C=O) groups excluding carboxylic acids is 2. The second-order valence-electron chi connectivity index (χ2n) is 7.35. The van der Waals surface area contributed by atoms with Crippen LogP contribution in [0.1, 0.15) is 33.7 Å². The molecule has 3 aromatic rings. The Balaban J connectivity index is 1.34. The summed E-state index contributed by atoms with van der Waals surface area (Å²) in [6.45, 7) is 0.903. The maximum Gasteiger partial charge on any atom is 0.271 e. The minimum Gasteiger partial charge on any atom is -0.349 e. The Kier molecular flexibility index (Phi) is 5.99. The standard InChI is InChI=1S/C22H19ClF2N4O2/c23-15-3-1-2-13(10-15)19-12-20(28-27-19)22(31)29-8-6-16(7-9-29)26-21(30)14-4-5-17(24)18(25)11-14/h1-5,10-12,16H,6-9H2,(H,26,30)(H,27,28). The summed E-state index contributed by atoms with van der Waals surface area (Å²) < 4.78 is 26.4. The zero-order valence-electron chi connectivity index (χ0n) is 16.4. The quantitative estimate of drug-likeness (QED) is 0.637. The molecule has 0 saturated carbocycles. The number of carbonyl (C=O) groups is 2. The fourth-order valence-electron chi connectivity index (χ4n) is 3.53. The number of halogens is 3. The molecule has 2 aromatic carbocycles. The van der Waals surface area contributed by atoms with Gasteiger partial charge in [-0.3, -0.25) is 14.7 Å². The molecule has 160 valence electrons. The Hall–Kier alpha value is -3.26. The van der Waals surface area contributed by atoms with Crippen molar-refractivity contribution in [2.45, 2.75) is 18.9 Å². The fraction of sp³-hybridized carbons (Fsp3) is 0.227. The molecule has 0 unspecified atom stereocenters. The van der Waals surface area contributed by atoms with Gasteiger partial charge in [0.15, 0.2) is 11.6 Å². The highest BCUT2D eigenvalue weighted by Crippen LogP contribution is 2.22. The van der Waals surface area contributed by atoms with Crippen LogP contribution >= 0.6 is 11.6 Å². The van der Waals surface area contributed by atoms with E-state index in [0.29, 0.717) is 42.3 Å². The number of hydrogen-bond donors (Lipinski definition) is 2. The zero-order valence-corrected chi connectivity index (χ0v) is 17.1. The Morgan fingerprint density at radius 2 is 1.84 bits per heavy atom. The van der Waals surface area contributed by atoms with E-state index in [2.05, 4.69) is 15.5 Å². The summed E-state index contributed by atoms with van der Waals surface area (Å²) in [6, 6.07) is 11.8. The van der Waals surface area contributed by atoms with Gasteiger partial charge in [-0.1, -0.05) is 23.7 Å². The SMILES string of the molecule is O=C(NC1CCN(C(=O)c2cc(-c3cccc(Cl)c3)n[nH]2)CC1)c1ccc(F)c(F)c1. The van der Waals surface area contributed by atoms with Crippen LogP contribution in [0.4, 0.5) is 8.78 Å². The Morgan fingerprint density at radius 1 is 1.06 bits per heavy atom. The van der Waals surface area contributed by atoms with E-state index in [1.54, 1.807) is 23.1 Å². The number of H-pyrrole nitrogens is 1. The number of nitrogens with zero attached hydrogens (tertiary/aromatic N) is 2. The molecule has 1 fully saturated rings. The average molecular weight is 445 g/mol. The Morgan fingerprint density at radius 3 is 2.55 bits per heavy atom. The summed E-state index contributed by atoms with van der Waals surface area (Å²) in [5.74, 6) is -2.71. The molecule has 0 aliphatic carbocycles. The van der Waals surface area contributed by atoms with E-state index < -0.39 is 17.5 Å². The van der Waals surface area contributed by atoms with Crippen molar-refractivity contribution >= 4 is 23.4 Å². The lowest BCUT2D eigenvalue weighted by atomic mass is 10.0. The van der Waals surface area contributed by atoms with Crippen LogP contribution in [0.5, 0.6) is 0 Å². The third-order valence-corrected chi connectivity index (χ3v) is 5.46. The van der Waals surface area contributed by atoms with Crippen LogP contribution in [0.25, 0.3) is 11.3 Å². The number of aromatic nitrogens is 2. The monoisotopic (exact) mass is 444 g/mol. The number of nitrogens with one attached hydrogen (secondary N) is 2. The molecule has 0 bridgehead atoms. The molecule has 4 rings (SSSR count). The van der Waals surface area contributed by atoms with Crippen LogP contribution in [0, 0.1) is 11.6 Å². The van der Waals surface area contributed by atoms with Gasteiger partial charge < -0.3 is 10.2 Å². The first kappa shape index (κ1) is 21.0. The molecular formula is C22H19ClF2N4O2. The highest BCUT2D eigenvalue weighted by molar-refractivity contribution is 6.30. The number of amides is 2. The zero-order chi connectivity index (χ0) is 22.0. The molecule has 6 nitrogen and oxygen atoms in total. The normalized spacial score (nSPS) is 14.5. The van der Waals surface area contributed by atoms with Crippen LogP contribution in [-0.2, 0) is 0 Å². The van der Waals surface area contributed by atoms with Crippen molar-refractivity contribution in [2.24, 2.45) is 0 Å². The molecule has 0 atom stereocenters. The van der Waals surface area contributed by atoms with Gasteiger partial charge in [-0.2, -0.15) is 5.10 Å². The minimum atomic E-state index is -1.07. The summed E-state index contributed by atoms with van der Waals surface area (Å²) in [4.78, 5) is 26.8. The second kappa shape index (κ2) is 8.85. The molecule has 1 aromatic heterocycles. The van der Waals surface area contributed by atoms with Crippen LogP contribution in [0.3, 0.4) is 0 Å². The van der Waals surface area contributed by atoms with Gasteiger partial charge >= 0.3 is 0 Å². The summed E-state index contributed by atoms with van der Waals surface area (Å²) in [6.07, 6.45) is 1.10. The van der Waals surface area contributed by atoms with E-state index in [1.807, 2.05) is 12.1 Å². The molecule has 2 heterocycles. The van der Waals surface area contributed by atoms with Gasteiger partial charge in [-0.15, -0.1) is 0 Å². The molecule has 0 spiro atoms. The van der Waals surface area contributed by atoms with Gasteiger partial charge in [0.25, 0.3) is 11.8 Å². The van der Waals surface area contributed by atoms with Gasteiger partial charge in [-0.25, -0.2) is 8.78 Å². The number of aromatic amines is 1. The van der Waals surface area contributed by atoms with Crippen molar-refractivity contribution in [3.63, 3.8) is 0 Å². The Bertz CT molecular complexity index is 1130. The maximum absolute atomic E-state index is 13.3. The number of piperidine rings is 1. The van der Waals surface area contributed by atoms with E-state index in [-0.39, 0.29) is 17.5 Å². The predicted octanol–water partition coefficient (Wildman–Crippen LogP) is 4.04. The van der Waals surface area contributed by atoms with Crippen molar-refractivity contribution in [1.82, 2.24) is 20.4 Å². The highest BCUT2D eigenvalue weighted by Gasteiger charge is 2.26. The van der Waals surface area contributed by atoms with E-state index in [9.17, 15) is 18.4 Å². The predicted molar refractivity (Wildman–Crippen MR) is 112 cm³/mol. The lowest BCUT2D eigenvalue weighted by Gasteiger charge is -2.32. The molecule has 0 radical (unpaired) electrons. The van der Waals surface area contributed by atoms with Crippen molar-refractivity contribution in [3.05, 3.63) is 76.4 Å². The van der Waals surface area contributed by atoms with Crippen molar-refractivity contribution in [3.8, 4) is 11.3 Å². The molecule has 2 N–H and O–H groups in total. The van der Waals surface area contributed by atoms with E-state index in [0.717, 1.165) is 17.7 Å². The van der Waals surface area contributed by atoms with Gasteiger partial charge in [0.1, 0.15) is 5.69 Å². The smallest absolute Gasteiger partial charge is 0.271 e. The van der Waals surface area contributed by atoms with Crippen molar-refractivity contribution < 1.29 is 18.4 Å². The lowest BCUT2D eigenvalue weighted by Crippen LogP contribution is -2.46. The molecular weight excluding hydrogens is 426 g/mol. The summed E-state index contributed by atoms with van der Waals surface area (Å²) in [7, 11) is 0. The summed E-state index contributed by atoms with van der Waals surface area (Å²) in [5, 5.41) is 10.4. The average Bonchev–Trinajstić information content (AvgIpc) is 3.26. The number of hydrogen-bond acceptors (Lipinski definition) is 3. The maximum atomic E-state index is 13.3. The molecule has 1 aliphatic rings. The highest BCUT2D eigenvalue weighted by atomic mass is 35.5. The van der Waals surface area contributed by atoms with Crippen LogP contribution < -0.4 is 5.32 Å². The van der Waals surface area contributed by atoms with Crippen molar-refractivity contribution in [2.75, 3.05) is 13.1 Å². The number of rotatable bonds is 4. The van der Waals surface area contributed by atoms with Crippen molar-refractivity contribution in [1.29, 1.82) is 0 Å². The van der Waals surface area contributed by atoms with Crippen LogP contribution in [-0.4, -0.2) is 46.0 Å². The third kappa shape index (κ3) is 4.74. The van der Waals surface area contributed by atoms with E-state index >= 15 is 0 Å².